The quantitative estimate of drug-likeness (QED) is 0.659. The Morgan fingerprint density at radius 3 is 2.08 bits per heavy atom. The minimum Gasteiger partial charge on any atom is -0.479 e. The molecular formula is C3H4O8P2. The summed E-state index contributed by atoms with van der Waals surface area (Å²) in [6.07, 6.45) is -1.84. The molecule has 1 atom stereocenters. The molecule has 0 aromatic rings. The number of rotatable bonds is 6. The Hall–Kier alpha value is -0.810. The molecule has 0 amide bonds. The molecule has 0 bridgehead atoms. The number of hydrogen-bond donors (Lipinski definition) is 1. The van der Waals surface area contributed by atoms with Crippen LogP contribution in [0.4, 0.5) is 0 Å². The molecule has 0 heterocycles. The van der Waals surface area contributed by atoms with Crippen molar-refractivity contribution in [1.29, 1.82) is 0 Å². The van der Waals surface area contributed by atoms with E-state index in [2.05, 4.69) is 9.05 Å². The Kier molecular flexibility index (Phi) is 5.41. The molecule has 1 N–H and O–H groups in total. The first-order chi connectivity index (χ1) is 5.93. The molecule has 0 rings (SSSR count). The van der Waals surface area contributed by atoms with Crippen molar-refractivity contribution in [2.45, 2.75) is 6.10 Å². The second kappa shape index (κ2) is 5.77. The van der Waals surface area contributed by atoms with Crippen molar-refractivity contribution in [1.82, 2.24) is 0 Å². The second-order valence-electron chi connectivity index (χ2n) is 1.68. The first-order valence-corrected chi connectivity index (χ1v) is 4.94. The van der Waals surface area contributed by atoms with E-state index >= 15 is 0 Å². The summed E-state index contributed by atoms with van der Waals surface area (Å²) in [5, 5.41) is 8.27. The van der Waals surface area contributed by atoms with Crippen molar-refractivity contribution in [2.24, 2.45) is 0 Å². The monoisotopic (exact) mass is 230 g/mol. The van der Waals surface area contributed by atoms with Gasteiger partial charge in [0.2, 0.25) is 0 Å². The van der Waals surface area contributed by atoms with Crippen LogP contribution in [0.1, 0.15) is 0 Å². The van der Waals surface area contributed by atoms with Crippen LogP contribution >= 0.6 is 15.8 Å². The molecule has 13 heavy (non-hydrogen) atoms. The summed E-state index contributed by atoms with van der Waals surface area (Å²) >= 11 is 0. The maximum Gasteiger partial charge on any atom is 0.469 e. The molecule has 0 fully saturated rings. The SMILES string of the molecule is O=C(O)C(COP(=O)=O)OP(=O)=O. The first kappa shape index (κ1) is 12.2. The highest BCUT2D eigenvalue weighted by atomic mass is 31.1. The summed E-state index contributed by atoms with van der Waals surface area (Å²) in [6, 6.07) is 0. The van der Waals surface area contributed by atoms with Gasteiger partial charge >= 0.3 is 21.8 Å². The third-order valence-electron chi connectivity index (χ3n) is 0.820. The Morgan fingerprint density at radius 1 is 1.23 bits per heavy atom. The lowest BCUT2D eigenvalue weighted by molar-refractivity contribution is -0.146. The molecule has 0 saturated carbocycles. The molecule has 8 nitrogen and oxygen atoms in total. The van der Waals surface area contributed by atoms with Crippen molar-refractivity contribution < 1.29 is 37.2 Å². The van der Waals surface area contributed by atoms with E-state index in [1.807, 2.05) is 0 Å². The Morgan fingerprint density at radius 2 is 1.77 bits per heavy atom. The normalized spacial score (nSPS) is 12.0. The fourth-order valence-electron chi connectivity index (χ4n) is 0.379. The van der Waals surface area contributed by atoms with Gasteiger partial charge in [0.1, 0.15) is 6.61 Å². The van der Waals surface area contributed by atoms with Crippen LogP contribution in [-0.2, 0) is 32.1 Å². The maximum absolute atomic E-state index is 10.2. The van der Waals surface area contributed by atoms with Gasteiger partial charge in [0, 0.05) is 0 Å². The minimum atomic E-state index is -3.36. The zero-order valence-electron chi connectivity index (χ0n) is 5.98. The highest BCUT2D eigenvalue weighted by Gasteiger charge is 2.21. The van der Waals surface area contributed by atoms with Crippen LogP contribution in [0, 0.1) is 0 Å². The first-order valence-electron chi connectivity index (χ1n) is 2.74. The lowest BCUT2D eigenvalue weighted by Gasteiger charge is -2.03. The fourth-order valence-corrected chi connectivity index (χ4v) is 0.995. The lowest BCUT2D eigenvalue weighted by Crippen LogP contribution is -2.25. The van der Waals surface area contributed by atoms with Gasteiger partial charge in [0.05, 0.1) is 0 Å². The standard InChI is InChI=1S/C3H4O8P2/c4-3(5)2(11-13(8)9)1-10-12(6)7/h2H,1H2,(H,4,5). The van der Waals surface area contributed by atoms with Gasteiger partial charge in [-0.15, -0.1) is 0 Å². The molecule has 0 aliphatic rings. The van der Waals surface area contributed by atoms with Crippen molar-refractivity contribution >= 4 is 21.8 Å². The van der Waals surface area contributed by atoms with Crippen LogP contribution in [0.2, 0.25) is 0 Å². The molecule has 0 aliphatic carbocycles. The number of carboxylic acids is 1. The predicted octanol–water partition coefficient (Wildman–Crippen LogP) is 0.649. The van der Waals surface area contributed by atoms with E-state index in [1.165, 1.54) is 0 Å². The van der Waals surface area contributed by atoms with E-state index in [0.717, 1.165) is 0 Å². The van der Waals surface area contributed by atoms with Crippen LogP contribution < -0.4 is 0 Å². The van der Waals surface area contributed by atoms with Crippen LogP contribution in [0.5, 0.6) is 0 Å². The Bertz CT molecular complexity index is 297. The van der Waals surface area contributed by atoms with Crippen LogP contribution in [0.15, 0.2) is 0 Å². The molecule has 0 aliphatic heterocycles. The summed E-state index contributed by atoms with van der Waals surface area (Å²) < 4.78 is 47.1. The maximum atomic E-state index is 10.2. The van der Waals surface area contributed by atoms with Crippen molar-refractivity contribution in [3.05, 3.63) is 0 Å². The zero-order valence-corrected chi connectivity index (χ0v) is 7.77. The van der Waals surface area contributed by atoms with Gasteiger partial charge in [0.15, 0.2) is 6.10 Å². The van der Waals surface area contributed by atoms with Crippen LogP contribution in [0.3, 0.4) is 0 Å². The summed E-state index contributed by atoms with van der Waals surface area (Å²) in [6.45, 7) is -0.878. The summed E-state index contributed by atoms with van der Waals surface area (Å²) in [7, 11) is -6.58. The highest BCUT2D eigenvalue weighted by molar-refractivity contribution is 7.25. The molecule has 0 radical (unpaired) electrons. The summed E-state index contributed by atoms with van der Waals surface area (Å²) in [5.74, 6) is -1.63. The van der Waals surface area contributed by atoms with Gasteiger partial charge in [-0.1, -0.05) is 0 Å². The van der Waals surface area contributed by atoms with E-state index in [0.29, 0.717) is 0 Å². The van der Waals surface area contributed by atoms with Crippen LogP contribution in [0.25, 0.3) is 0 Å². The Balaban J connectivity index is 4.18. The van der Waals surface area contributed by atoms with Gasteiger partial charge in [-0.3, -0.25) is 9.05 Å². The summed E-state index contributed by atoms with van der Waals surface area (Å²) in [4.78, 5) is 10.2. The lowest BCUT2D eigenvalue weighted by atomic mass is 10.4. The van der Waals surface area contributed by atoms with Crippen molar-refractivity contribution in [3.8, 4) is 0 Å². The third-order valence-corrected chi connectivity index (χ3v) is 1.61. The zero-order chi connectivity index (χ0) is 10.4. The highest BCUT2D eigenvalue weighted by Crippen LogP contribution is 2.14. The van der Waals surface area contributed by atoms with E-state index in [-0.39, 0.29) is 0 Å². The molecule has 0 aromatic carbocycles. The molecule has 10 heteroatoms. The largest absolute Gasteiger partial charge is 0.479 e. The van der Waals surface area contributed by atoms with E-state index in [4.69, 9.17) is 5.11 Å². The average molecular weight is 230 g/mol. The van der Waals surface area contributed by atoms with Gasteiger partial charge < -0.3 is 5.11 Å². The number of aliphatic carboxylic acids is 1. The third kappa shape index (κ3) is 6.36. The van der Waals surface area contributed by atoms with E-state index < -0.39 is 34.5 Å². The number of carbonyl (C=O) groups is 1. The smallest absolute Gasteiger partial charge is 0.469 e. The summed E-state index contributed by atoms with van der Waals surface area (Å²) in [5.41, 5.74) is 0. The van der Waals surface area contributed by atoms with E-state index in [9.17, 15) is 23.1 Å². The second-order valence-corrected chi connectivity index (χ2v) is 3.04. The fraction of sp³-hybridized carbons (Fsp3) is 0.667. The van der Waals surface area contributed by atoms with Gasteiger partial charge in [-0.25, -0.2) is 23.1 Å². The van der Waals surface area contributed by atoms with Crippen molar-refractivity contribution in [3.63, 3.8) is 0 Å². The van der Waals surface area contributed by atoms with Gasteiger partial charge in [0.25, 0.3) is 0 Å². The van der Waals surface area contributed by atoms with Gasteiger partial charge in [-0.05, 0) is 0 Å². The van der Waals surface area contributed by atoms with Crippen LogP contribution in [-0.4, -0.2) is 23.8 Å². The molecular weight excluding hydrogens is 226 g/mol. The van der Waals surface area contributed by atoms with Gasteiger partial charge in [-0.2, -0.15) is 0 Å². The molecule has 74 valence electrons. The molecule has 0 spiro atoms. The average Bonchev–Trinajstić information content (AvgIpc) is 1.96. The topological polar surface area (TPSA) is 124 Å². The van der Waals surface area contributed by atoms with E-state index in [1.54, 1.807) is 0 Å². The predicted molar refractivity (Wildman–Crippen MR) is 35.0 cm³/mol. The minimum absolute atomic E-state index is 0.878. The molecule has 0 saturated heterocycles. The Labute approximate surface area is 72.6 Å². The molecule has 1 unspecified atom stereocenters. The molecule has 0 aromatic heterocycles. The number of carboxylic acid groups (broad SMARTS) is 1. The number of hydrogen-bond acceptors (Lipinski definition) is 7. The van der Waals surface area contributed by atoms with Crippen molar-refractivity contribution in [2.75, 3.05) is 6.61 Å².